The van der Waals surface area contributed by atoms with Crippen molar-refractivity contribution in [1.82, 2.24) is 9.55 Å². The number of nitrogens with zero attached hydrogens (tertiary/aromatic N) is 2. The lowest BCUT2D eigenvalue weighted by atomic mass is 10.0. The summed E-state index contributed by atoms with van der Waals surface area (Å²) in [5, 5.41) is 10.1. The molecule has 0 unspecified atom stereocenters. The lowest BCUT2D eigenvalue weighted by Gasteiger charge is -2.13. The molecule has 0 fully saturated rings. The molecule has 0 bridgehead atoms. The molecule has 23 heavy (non-hydrogen) atoms. The van der Waals surface area contributed by atoms with Gasteiger partial charge in [-0.1, -0.05) is 17.7 Å². The van der Waals surface area contributed by atoms with Gasteiger partial charge in [0.15, 0.2) is 12.2 Å². The number of aryl methyl sites for hydroxylation is 1. The number of hydrogen-bond donors (Lipinski definition) is 1. The van der Waals surface area contributed by atoms with Gasteiger partial charge < -0.3 is 14.1 Å². The fourth-order valence-electron chi connectivity index (χ4n) is 2.61. The average molecular weight is 310 g/mol. The van der Waals surface area contributed by atoms with Crippen molar-refractivity contribution in [3.05, 3.63) is 58.3 Å². The van der Waals surface area contributed by atoms with Gasteiger partial charge in [-0.2, -0.15) is 0 Å². The standard InChI is InChI=1S/C17H14N2O4/c1-10-3-4-11-12(5-6-15(20)21)16(14-8-18-9-23-14)19(2)17(22)13(11)7-10/h3-9H,1-2H3,(H,20,21). The van der Waals surface area contributed by atoms with E-state index in [9.17, 15) is 9.59 Å². The number of oxazole rings is 1. The highest BCUT2D eigenvalue weighted by atomic mass is 16.4. The second-order valence-corrected chi connectivity index (χ2v) is 5.21. The Balaban J connectivity index is 2.48. The first-order valence-corrected chi connectivity index (χ1v) is 6.92. The summed E-state index contributed by atoms with van der Waals surface area (Å²) in [5.41, 5.74) is 1.86. The number of fused-ring (bicyclic) bond motifs is 1. The molecule has 1 N–H and O–H groups in total. The topological polar surface area (TPSA) is 85.3 Å². The highest BCUT2D eigenvalue weighted by Gasteiger charge is 2.17. The number of hydrogen-bond acceptors (Lipinski definition) is 4. The van der Waals surface area contributed by atoms with Crippen LogP contribution in [0.4, 0.5) is 0 Å². The first kappa shape index (κ1) is 14.8. The van der Waals surface area contributed by atoms with Crippen molar-refractivity contribution in [3.63, 3.8) is 0 Å². The fraction of sp³-hybridized carbons (Fsp3) is 0.118. The average Bonchev–Trinajstić information content (AvgIpc) is 3.03. The Bertz CT molecular complexity index is 982. The van der Waals surface area contributed by atoms with Gasteiger partial charge in [-0.25, -0.2) is 9.78 Å². The lowest BCUT2D eigenvalue weighted by Crippen LogP contribution is -2.20. The Kier molecular flexibility index (Phi) is 3.57. The monoisotopic (exact) mass is 310 g/mol. The third-order valence-electron chi connectivity index (χ3n) is 3.65. The largest absolute Gasteiger partial charge is 0.478 e. The summed E-state index contributed by atoms with van der Waals surface area (Å²) in [6, 6.07) is 5.48. The summed E-state index contributed by atoms with van der Waals surface area (Å²) >= 11 is 0. The van der Waals surface area contributed by atoms with Gasteiger partial charge >= 0.3 is 5.97 Å². The van der Waals surface area contributed by atoms with Crippen molar-refractivity contribution in [3.8, 4) is 11.5 Å². The van der Waals surface area contributed by atoms with Gasteiger partial charge in [0.2, 0.25) is 0 Å². The van der Waals surface area contributed by atoms with Gasteiger partial charge in [0.25, 0.3) is 5.56 Å². The van der Waals surface area contributed by atoms with Crippen molar-refractivity contribution < 1.29 is 14.3 Å². The molecule has 0 radical (unpaired) electrons. The molecule has 0 aliphatic heterocycles. The summed E-state index contributed by atoms with van der Waals surface area (Å²) in [5.74, 6) is -0.667. The van der Waals surface area contributed by atoms with E-state index in [1.807, 2.05) is 19.1 Å². The third-order valence-corrected chi connectivity index (χ3v) is 3.65. The van der Waals surface area contributed by atoms with Crippen molar-refractivity contribution in [2.45, 2.75) is 6.92 Å². The van der Waals surface area contributed by atoms with Crippen LogP contribution < -0.4 is 5.56 Å². The molecule has 2 aromatic heterocycles. The molecule has 0 aliphatic carbocycles. The van der Waals surface area contributed by atoms with Crippen LogP contribution in [0.3, 0.4) is 0 Å². The van der Waals surface area contributed by atoms with Crippen LogP contribution in [-0.4, -0.2) is 20.6 Å². The molecule has 6 heteroatoms. The van der Waals surface area contributed by atoms with E-state index in [1.165, 1.54) is 23.2 Å². The molecule has 2 heterocycles. The van der Waals surface area contributed by atoms with E-state index < -0.39 is 5.97 Å². The number of aromatic nitrogens is 2. The van der Waals surface area contributed by atoms with E-state index in [4.69, 9.17) is 9.52 Å². The Morgan fingerprint density at radius 3 is 2.78 bits per heavy atom. The second-order valence-electron chi connectivity index (χ2n) is 5.21. The van der Waals surface area contributed by atoms with E-state index in [2.05, 4.69) is 4.98 Å². The summed E-state index contributed by atoms with van der Waals surface area (Å²) in [7, 11) is 1.63. The summed E-state index contributed by atoms with van der Waals surface area (Å²) in [4.78, 5) is 27.4. The molecule has 0 saturated carbocycles. The van der Waals surface area contributed by atoms with E-state index in [1.54, 1.807) is 13.1 Å². The highest BCUT2D eigenvalue weighted by molar-refractivity contribution is 5.98. The van der Waals surface area contributed by atoms with E-state index in [-0.39, 0.29) is 5.56 Å². The normalized spacial score (nSPS) is 11.4. The minimum atomic E-state index is -1.07. The predicted molar refractivity (Wildman–Crippen MR) is 86.1 cm³/mol. The number of aliphatic carboxylic acids is 1. The molecule has 1 aromatic carbocycles. The number of carboxylic acids is 1. The molecule has 116 valence electrons. The van der Waals surface area contributed by atoms with Gasteiger partial charge in [-0.3, -0.25) is 4.79 Å². The lowest BCUT2D eigenvalue weighted by molar-refractivity contribution is -0.131. The van der Waals surface area contributed by atoms with Gasteiger partial charge in [-0.15, -0.1) is 0 Å². The molecule has 0 saturated heterocycles. The maximum absolute atomic E-state index is 12.6. The SMILES string of the molecule is Cc1ccc2c(C=CC(=O)O)c(-c3cnco3)n(C)c(=O)c2c1. The first-order chi connectivity index (χ1) is 11.0. The van der Waals surface area contributed by atoms with Crippen LogP contribution in [0.25, 0.3) is 28.3 Å². The van der Waals surface area contributed by atoms with Crippen LogP contribution in [0.15, 0.2) is 46.1 Å². The van der Waals surface area contributed by atoms with Crippen LogP contribution in [0, 0.1) is 6.92 Å². The van der Waals surface area contributed by atoms with Gasteiger partial charge in [0.1, 0.15) is 0 Å². The van der Waals surface area contributed by atoms with Crippen LogP contribution >= 0.6 is 0 Å². The predicted octanol–water partition coefficient (Wildman–Crippen LogP) is 2.60. The highest BCUT2D eigenvalue weighted by Crippen LogP contribution is 2.29. The summed E-state index contributed by atoms with van der Waals surface area (Å²) in [6.07, 6.45) is 5.27. The minimum absolute atomic E-state index is 0.178. The zero-order chi connectivity index (χ0) is 16.6. The number of pyridine rings is 1. The molecule has 6 nitrogen and oxygen atoms in total. The van der Waals surface area contributed by atoms with E-state index >= 15 is 0 Å². The van der Waals surface area contributed by atoms with Crippen LogP contribution in [-0.2, 0) is 11.8 Å². The van der Waals surface area contributed by atoms with Gasteiger partial charge in [0.05, 0.1) is 11.9 Å². The molecule has 0 amide bonds. The second kappa shape index (κ2) is 5.57. The van der Waals surface area contributed by atoms with Crippen LogP contribution in [0.2, 0.25) is 0 Å². The molecule has 3 rings (SSSR count). The van der Waals surface area contributed by atoms with Crippen molar-refractivity contribution >= 4 is 22.8 Å². The maximum atomic E-state index is 12.6. The van der Waals surface area contributed by atoms with Crippen molar-refractivity contribution in [2.24, 2.45) is 7.05 Å². The smallest absolute Gasteiger partial charge is 0.328 e. The van der Waals surface area contributed by atoms with Gasteiger partial charge in [0, 0.05) is 24.1 Å². The number of carboxylic acid groups (broad SMARTS) is 1. The molecular formula is C17H14N2O4. The van der Waals surface area contributed by atoms with E-state index in [0.29, 0.717) is 27.8 Å². The van der Waals surface area contributed by atoms with Crippen molar-refractivity contribution in [1.29, 1.82) is 0 Å². The molecule has 0 atom stereocenters. The van der Waals surface area contributed by atoms with Crippen LogP contribution in [0.5, 0.6) is 0 Å². The Morgan fingerprint density at radius 1 is 1.35 bits per heavy atom. The quantitative estimate of drug-likeness (QED) is 0.752. The Morgan fingerprint density at radius 2 is 2.13 bits per heavy atom. The fourth-order valence-corrected chi connectivity index (χ4v) is 2.61. The zero-order valence-electron chi connectivity index (χ0n) is 12.6. The van der Waals surface area contributed by atoms with Crippen LogP contribution in [0.1, 0.15) is 11.1 Å². The first-order valence-electron chi connectivity index (χ1n) is 6.92. The molecular weight excluding hydrogens is 296 g/mol. The Labute approximate surface area is 131 Å². The number of carbonyl (C=O) groups is 1. The summed E-state index contributed by atoms with van der Waals surface area (Å²) < 4.78 is 6.77. The molecule has 3 aromatic rings. The summed E-state index contributed by atoms with van der Waals surface area (Å²) in [6.45, 7) is 1.90. The molecule has 0 aliphatic rings. The number of rotatable bonds is 3. The van der Waals surface area contributed by atoms with Crippen molar-refractivity contribution in [2.75, 3.05) is 0 Å². The third kappa shape index (κ3) is 2.55. The maximum Gasteiger partial charge on any atom is 0.328 e. The molecule has 0 spiro atoms. The Hall–Kier alpha value is -3.15. The zero-order valence-corrected chi connectivity index (χ0v) is 12.6. The van der Waals surface area contributed by atoms with E-state index in [0.717, 1.165) is 11.6 Å². The number of benzene rings is 1. The minimum Gasteiger partial charge on any atom is -0.478 e. The van der Waals surface area contributed by atoms with Gasteiger partial charge in [-0.05, 0) is 24.5 Å².